The van der Waals surface area contributed by atoms with Crippen LogP contribution in [0.1, 0.15) is 47.4 Å². The smallest absolute Gasteiger partial charge is 0.261 e. The second-order valence-electron chi connectivity index (χ2n) is 4.95. The maximum absolute atomic E-state index is 12.1. The molecule has 4 nitrogen and oxygen atoms in total. The molecular formula is C15H20N2O2. The van der Waals surface area contributed by atoms with Crippen LogP contribution in [0.5, 0.6) is 0 Å². The third kappa shape index (κ3) is 2.84. The maximum atomic E-state index is 12.1. The molecule has 1 unspecified atom stereocenters. The predicted octanol–water partition coefficient (Wildman–Crippen LogP) is 2.06. The number of hydrogen-bond acceptors (Lipinski definition) is 3. The van der Waals surface area contributed by atoms with Crippen molar-refractivity contribution in [3.05, 3.63) is 35.4 Å². The van der Waals surface area contributed by atoms with Gasteiger partial charge in [0.2, 0.25) is 0 Å². The zero-order chi connectivity index (χ0) is 13.8. The average molecular weight is 260 g/mol. The van der Waals surface area contributed by atoms with Crippen molar-refractivity contribution in [1.82, 2.24) is 10.2 Å². The number of amides is 2. The molecule has 102 valence electrons. The number of hydrogen-bond donors (Lipinski definition) is 1. The molecule has 1 heterocycles. The Morgan fingerprint density at radius 3 is 2.26 bits per heavy atom. The fraction of sp³-hybridized carbons (Fsp3) is 0.467. The molecule has 19 heavy (non-hydrogen) atoms. The number of rotatable bonds is 6. The van der Waals surface area contributed by atoms with Crippen molar-refractivity contribution in [1.29, 1.82) is 0 Å². The second kappa shape index (κ2) is 5.97. The first-order valence-corrected chi connectivity index (χ1v) is 6.83. The zero-order valence-corrected chi connectivity index (χ0v) is 11.5. The molecule has 2 rings (SSSR count). The normalized spacial score (nSPS) is 15.8. The molecule has 0 saturated carbocycles. The number of nitrogens with one attached hydrogen (secondary N) is 1. The van der Waals surface area contributed by atoms with E-state index in [1.54, 1.807) is 24.3 Å². The van der Waals surface area contributed by atoms with Crippen molar-refractivity contribution in [3.63, 3.8) is 0 Å². The molecule has 0 fully saturated rings. The van der Waals surface area contributed by atoms with Crippen LogP contribution in [0.3, 0.4) is 0 Å². The van der Waals surface area contributed by atoms with Crippen molar-refractivity contribution in [3.8, 4) is 0 Å². The molecule has 0 spiro atoms. The fourth-order valence-corrected chi connectivity index (χ4v) is 2.26. The molecule has 0 radical (unpaired) electrons. The molecule has 1 aliphatic rings. The van der Waals surface area contributed by atoms with Crippen LogP contribution < -0.4 is 5.32 Å². The lowest BCUT2D eigenvalue weighted by Gasteiger charge is -2.18. The largest absolute Gasteiger partial charge is 0.314 e. The Bertz CT molecular complexity index is 450. The monoisotopic (exact) mass is 260 g/mol. The van der Waals surface area contributed by atoms with Gasteiger partial charge in [0.15, 0.2) is 0 Å². The Labute approximate surface area is 113 Å². The van der Waals surface area contributed by atoms with E-state index in [0.29, 0.717) is 23.7 Å². The summed E-state index contributed by atoms with van der Waals surface area (Å²) in [4.78, 5) is 25.6. The van der Waals surface area contributed by atoms with Gasteiger partial charge in [-0.25, -0.2) is 0 Å². The third-order valence-corrected chi connectivity index (χ3v) is 3.41. The topological polar surface area (TPSA) is 49.4 Å². The van der Waals surface area contributed by atoms with Crippen LogP contribution in [0.2, 0.25) is 0 Å². The molecule has 2 amide bonds. The highest BCUT2D eigenvalue weighted by Crippen LogP contribution is 2.22. The van der Waals surface area contributed by atoms with Gasteiger partial charge in [-0.3, -0.25) is 14.5 Å². The van der Waals surface area contributed by atoms with E-state index in [1.807, 2.05) is 0 Å². The van der Waals surface area contributed by atoms with Gasteiger partial charge in [0.05, 0.1) is 11.1 Å². The Kier molecular flexibility index (Phi) is 4.32. The Morgan fingerprint density at radius 2 is 1.74 bits per heavy atom. The number of fused-ring (bicyclic) bond motifs is 1. The molecule has 1 N–H and O–H groups in total. The van der Waals surface area contributed by atoms with Crippen molar-refractivity contribution in [2.24, 2.45) is 0 Å². The van der Waals surface area contributed by atoms with Crippen LogP contribution in [0.15, 0.2) is 24.3 Å². The standard InChI is InChI=1S/C15H20N2O2/c1-3-9-16-11(2)8-10-17-14(18)12-6-4-5-7-13(12)15(17)19/h4-7,11,16H,3,8-10H2,1-2H3. The minimum atomic E-state index is -0.164. The third-order valence-electron chi connectivity index (χ3n) is 3.41. The number of nitrogens with zero attached hydrogens (tertiary/aromatic N) is 1. The van der Waals surface area contributed by atoms with Gasteiger partial charge in [-0.2, -0.15) is 0 Å². The summed E-state index contributed by atoms with van der Waals surface area (Å²) < 4.78 is 0. The minimum Gasteiger partial charge on any atom is -0.314 e. The Morgan fingerprint density at radius 1 is 1.16 bits per heavy atom. The van der Waals surface area contributed by atoms with Crippen molar-refractivity contribution in [2.75, 3.05) is 13.1 Å². The van der Waals surface area contributed by atoms with Gasteiger partial charge in [0.25, 0.3) is 11.8 Å². The summed E-state index contributed by atoms with van der Waals surface area (Å²) in [6, 6.07) is 7.32. The van der Waals surface area contributed by atoms with Gasteiger partial charge in [0, 0.05) is 12.6 Å². The molecule has 1 aromatic rings. The molecular weight excluding hydrogens is 240 g/mol. The molecule has 0 saturated heterocycles. The van der Waals surface area contributed by atoms with Crippen LogP contribution in [-0.2, 0) is 0 Å². The lowest BCUT2D eigenvalue weighted by atomic mass is 10.1. The summed E-state index contributed by atoms with van der Waals surface area (Å²) in [6.45, 7) is 5.63. The van der Waals surface area contributed by atoms with E-state index in [0.717, 1.165) is 19.4 Å². The van der Waals surface area contributed by atoms with Crippen molar-refractivity contribution in [2.45, 2.75) is 32.7 Å². The fourth-order valence-electron chi connectivity index (χ4n) is 2.26. The summed E-state index contributed by atoms with van der Waals surface area (Å²) in [7, 11) is 0. The first kappa shape index (κ1) is 13.7. The predicted molar refractivity (Wildman–Crippen MR) is 74.2 cm³/mol. The highest BCUT2D eigenvalue weighted by atomic mass is 16.2. The SMILES string of the molecule is CCCNC(C)CCN1C(=O)c2ccccc2C1=O. The zero-order valence-electron chi connectivity index (χ0n) is 11.5. The van der Waals surface area contributed by atoms with Crippen LogP contribution in [0.25, 0.3) is 0 Å². The lowest BCUT2D eigenvalue weighted by Crippen LogP contribution is -2.35. The Balaban J connectivity index is 1.97. The molecule has 0 aromatic heterocycles. The van der Waals surface area contributed by atoms with Crippen molar-refractivity contribution < 1.29 is 9.59 Å². The summed E-state index contributed by atoms with van der Waals surface area (Å²) in [5.74, 6) is -0.327. The number of carbonyl (C=O) groups excluding carboxylic acids is 2. The molecule has 4 heteroatoms. The molecule has 1 atom stereocenters. The first-order chi connectivity index (χ1) is 9.15. The van der Waals surface area contributed by atoms with E-state index >= 15 is 0 Å². The summed E-state index contributed by atoms with van der Waals surface area (Å²) >= 11 is 0. The minimum absolute atomic E-state index is 0.164. The second-order valence-corrected chi connectivity index (χ2v) is 4.95. The molecule has 1 aliphatic heterocycles. The summed E-state index contributed by atoms with van der Waals surface area (Å²) in [6.07, 6.45) is 1.86. The van der Waals surface area contributed by atoms with Gasteiger partial charge in [-0.1, -0.05) is 19.1 Å². The average Bonchev–Trinajstić information content (AvgIpc) is 2.67. The van der Waals surface area contributed by atoms with Crippen LogP contribution in [-0.4, -0.2) is 35.8 Å². The maximum Gasteiger partial charge on any atom is 0.261 e. The lowest BCUT2D eigenvalue weighted by molar-refractivity contribution is 0.0649. The van der Waals surface area contributed by atoms with Crippen LogP contribution >= 0.6 is 0 Å². The molecule has 0 aliphatic carbocycles. The number of carbonyl (C=O) groups is 2. The van der Waals surface area contributed by atoms with E-state index in [4.69, 9.17) is 0 Å². The van der Waals surface area contributed by atoms with Gasteiger partial charge in [-0.05, 0) is 38.4 Å². The van der Waals surface area contributed by atoms with Gasteiger partial charge >= 0.3 is 0 Å². The number of imide groups is 1. The van der Waals surface area contributed by atoms with Gasteiger partial charge in [0.1, 0.15) is 0 Å². The Hall–Kier alpha value is -1.68. The van der Waals surface area contributed by atoms with Gasteiger partial charge < -0.3 is 5.32 Å². The van der Waals surface area contributed by atoms with Gasteiger partial charge in [-0.15, -0.1) is 0 Å². The van der Waals surface area contributed by atoms with Crippen molar-refractivity contribution >= 4 is 11.8 Å². The van der Waals surface area contributed by atoms with Crippen LogP contribution in [0, 0.1) is 0 Å². The highest BCUT2D eigenvalue weighted by molar-refractivity contribution is 6.21. The van der Waals surface area contributed by atoms with E-state index in [-0.39, 0.29) is 11.8 Å². The van der Waals surface area contributed by atoms with E-state index in [2.05, 4.69) is 19.2 Å². The van der Waals surface area contributed by atoms with E-state index < -0.39 is 0 Å². The molecule has 0 bridgehead atoms. The first-order valence-electron chi connectivity index (χ1n) is 6.83. The quantitative estimate of drug-likeness (QED) is 0.796. The molecule has 1 aromatic carbocycles. The summed E-state index contributed by atoms with van der Waals surface area (Å²) in [5.41, 5.74) is 1.06. The number of benzene rings is 1. The summed E-state index contributed by atoms with van der Waals surface area (Å²) in [5, 5.41) is 3.36. The van der Waals surface area contributed by atoms with Crippen LogP contribution in [0.4, 0.5) is 0 Å². The highest BCUT2D eigenvalue weighted by Gasteiger charge is 2.34. The van der Waals surface area contributed by atoms with E-state index in [9.17, 15) is 9.59 Å². The van der Waals surface area contributed by atoms with E-state index in [1.165, 1.54) is 4.90 Å².